The molecule has 0 radical (unpaired) electrons. The van der Waals surface area contributed by atoms with E-state index in [9.17, 15) is 4.79 Å². The molecule has 1 aliphatic rings. The van der Waals surface area contributed by atoms with Gasteiger partial charge in [-0.1, -0.05) is 36.4 Å². The number of Topliss-reactive ketones (excluding diaryl/α,β-unsaturated/α-hetero) is 1. The van der Waals surface area contributed by atoms with Crippen molar-refractivity contribution in [3.05, 3.63) is 70.9 Å². The molecule has 0 aliphatic carbocycles. The fourth-order valence-electron chi connectivity index (χ4n) is 3.59. The molecular formula is C23H26N2O3S. The van der Waals surface area contributed by atoms with E-state index in [-0.39, 0.29) is 11.8 Å². The number of hydrogen-bond donors (Lipinski definition) is 1. The Kier molecular flexibility index (Phi) is 6.54. The first-order chi connectivity index (χ1) is 14.0. The Bertz CT molecular complexity index is 940. The molecule has 29 heavy (non-hydrogen) atoms. The average Bonchev–Trinajstić information content (AvgIpc) is 2.72. The first kappa shape index (κ1) is 20.9. The zero-order chi connectivity index (χ0) is 21.0. The smallest absolute Gasteiger partial charge is 0.173 e. The van der Waals surface area contributed by atoms with Crippen LogP contribution in [0, 0.1) is 0 Å². The lowest BCUT2D eigenvalue weighted by molar-refractivity contribution is -0.114. The second-order valence-electron chi connectivity index (χ2n) is 6.87. The van der Waals surface area contributed by atoms with Crippen LogP contribution < -0.4 is 14.8 Å². The minimum absolute atomic E-state index is 0.0171. The maximum absolute atomic E-state index is 12.5. The molecule has 0 bridgehead atoms. The van der Waals surface area contributed by atoms with Crippen LogP contribution in [0.5, 0.6) is 11.5 Å². The molecule has 6 heteroatoms. The van der Waals surface area contributed by atoms with Crippen LogP contribution >= 0.6 is 12.2 Å². The van der Waals surface area contributed by atoms with Gasteiger partial charge in [0.1, 0.15) is 6.61 Å². The summed E-state index contributed by atoms with van der Waals surface area (Å²) in [5.41, 5.74) is 3.56. The Hall–Kier alpha value is -2.86. The standard InChI is InChI=1S/C23H26N2O3S/c1-5-25-15(2)21(16(3)26)22(24-23(25)29)18-11-12-19(27-4)20(13-18)28-14-17-9-7-6-8-10-17/h6-13,22H,5,14H2,1-4H3,(H,24,29). The van der Waals surface area contributed by atoms with Crippen molar-refractivity contribution >= 4 is 23.1 Å². The molecule has 1 aliphatic heterocycles. The van der Waals surface area contributed by atoms with Gasteiger partial charge in [0.15, 0.2) is 22.4 Å². The van der Waals surface area contributed by atoms with Gasteiger partial charge in [0.05, 0.1) is 13.2 Å². The fraction of sp³-hybridized carbons (Fsp3) is 0.304. The molecule has 152 valence electrons. The summed E-state index contributed by atoms with van der Waals surface area (Å²) in [6.07, 6.45) is 0. The van der Waals surface area contributed by atoms with Gasteiger partial charge in [-0.2, -0.15) is 0 Å². The van der Waals surface area contributed by atoms with Crippen LogP contribution in [0.1, 0.15) is 37.9 Å². The van der Waals surface area contributed by atoms with Crippen LogP contribution in [0.3, 0.4) is 0 Å². The number of thiocarbonyl (C=S) groups is 1. The molecule has 0 amide bonds. The van der Waals surface area contributed by atoms with Crippen molar-refractivity contribution in [3.8, 4) is 11.5 Å². The Labute approximate surface area is 177 Å². The highest BCUT2D eigenvalue weighted by Crippen LogP contribution is 2.36. The van der Waals surface area contributed by atoms with E-state index in [4.69, 9.17) is 21.7 Å². The molecule has 3 rings (SSSR count). The van der Waals surface area contributed by atoms with Gasteiger partial charge in [-0.3, -0.25) is 4.79 Å². The van der Waals surface area contributed by atoms with Crippen molar-refractivity contribution in [1.82, 2.24) is 10.2 Å². The van der Waals surface area contributed by atoms with Crippen LogP contribution in [0.25, 0.3) is 0 Å². The summed E-state index contributed by atoms with van der Waals surface area (Å²) < 4.78 is 11.5. The molecule has 1 N–H and O–H groups in total. The molecule has 1 unspecified atom stereocenters. The molecule has 5 nitrogen and oxygen atoms in total. The predicted octanol–water partition coefficient (Wildman–Crippen LogP) is 4.39. The highest BCUT2D eigenvalue weighted by molar-refractivity contribution is 7.80. The Morgan fingerprint density at radius 2 is 1.90 bits per heavy atom. The summed E-state index contributed by atoms with van der Waals surface area (Å²) >= 11 is 5.53. The first-order valence-electron chi connectivity index (χ1n) is 9.60. The molecule has 0 aromatic heterocycles. The molecule has 1 atom stereocenters. The molecular weight excluding hydrogens is 384 g/mol. The average molecular weight is 411 g/mol. The van der Waals surface area contributed by atoms with Crippen LogP contribution in [0.2, 0.25) is 0 Å². The van der Waals surface area contributed by atoms with Crippen LogP contribution in [-0.4, -0.2) is 29.5 Å². The van der Waals surface area contributed by atoms with E-state index in [1.807, 2.05) is 67.3 Å². The normalized spacial score (nSPS) is 16.5. The third-order valence-corrected chi connectivity index (χ3v) is 5.39. The summed E-state index contributed by atoms with van der Waals surface area (Å²) in [5.74, 6) is 1.28. The van der Waals surface area contributed by atoms with Gasteiger partial charge < -0.3 is 19.7 Å². The quantitative estimate of drug-likeness (QED) is 0.684. The number of ketones is 1. The van der Waals surface area contributed by atoms with Crippen molar-refractivity contribution in [2.75, 3.05) is 13.7 Å². The summed E-state index contributed by atoms with van der Waals surface area (Å²) in [7, 11) is 1.61. The number of nitrogens with zero attached hydrogens (tertiary/aromatic N) is 1. The molecule has 1 heterocycles. The third kappa shape index (κ3) is 4.43. The van der Waals surface area contributed by atoms with Gasteiger partial charge in [0.2, 0.25) is 0 Å². The van der Waals surface area contributed by atoms with E-state index in [0.29, 0.717) is 35.3 Å². The Balaban J connectivity index is 1.96. The lowest BCUT2D eigenvalue weighted by atomic mass is 9.92. The maximum atomic E-state index is 12.5. The highest BCUT2D eigenvalue weighted by Gasteiger charge is 2.32. The van der Waals surface area contributed by atoms with E-state index in [0.717, 1.165) is 16.8 Å². The van der Waals surface area contributed by atoms with E-state index >= 15 is 0 Å². The lowest BCUT2D eigenvalue weighted by Crippen LogP contribution is -2.47. The summed E-state index contributed by atoms with van der Waals surface area (Å²) in [6, 6.07) is 15.3. The molecule has 0 saturated heterocycles. The number of carbonyl (C=O) groups excluding carboxylic acids is 1. The number of rotatable bonds is 7. The van der Waals surface area contributed by atoms with Gasteiger partial charge in [0, 0.05) is 17.8 Å². The number of ether oxygens (including phenoxy) is 2. The molecule has 2 aromatic carbocycles. The van der Waals surface area contributed by atoms with Gasteiger partial charge in [-0.15, -0.1) is 0 Å². The van der Waals surface area contributed by atoms with Gasteiger partial charge in [-0.25, -0.2) is 0 Å². The van der Waals surface area contributed by atoms with Gasteiger partial charge in [-0.05, 0) is 56.2 Å². The number of allylic oxidation sites excluding steroid dienone is 1. The largest absolute Gasteiger partial charge is 0.493 e. The van der Waals surface area contributed by atoms with Crippen molar-refractivity contribution in [2.24, 2.45) is 0 Å². The number of benzene rings is 2. The van der Waals surface area contributed by atoms with Crippen LogP contribution in [0.4, 0.5) is 0 Å². The topological polar surface area (TPSA) is 50.8 Å². The van der Waals surface area contributed by atoms with E-state index < -0.39 is 0 Å². The number of hydrogen-bond acceptors (Lipinski definition) is 4. The van der Waals surface area contributed by atoms with Crippen molar-refractivity contribution < 1.29 is 14.3 Å². The van der Waals surface area contributed by atoms with Gasteiger partial charge in [0.25, 0.3) is 0 Å². The van der Waals surface area contributed by atoms with Crippen molar-refractivity contribution in [3.63, 3.8) is 0 Å². The lowest BCUT2D eigenvalue weighted by Gasteiger charge is -2.37. The Morgan fingerprint density at radius 3 is 2.52 bits per heavy atom. The number of carbonyl (C=O) groups is 1. The molecule has 0 saturated carbocycles. The first-order valence-corrected chi connectivity index (χ1v) is 10.0. The van der Waals surface area contributed by atoms with E-state index in [1.54, 1.807) is 14.0 Å². The van der Waals surface area contributed by atoms with E-state index in [2.05, 4.69) is 5.32 Å². The third-order valence-electron chi connectivity index (χ3n) is 5.05. The zero-order valence-electron chi connectivity index (χ0n) is 17.2. The predicted molar refractivity (Wildman–Crippen MR) is 118 cm³/mol. The van der Waals surface area contributed by atoms with Crippen LogP contribution in [-0.2, 0) is 11.4 Å². The maximum Gasteiger partial charge on any atom is 0.173 e. The zero-order valence-corrected chi connectivity index (χ0v) is 18.0. The van der Waals surface area contributed by atoms with Crippen molar-refractivity contribution in [1.29, 1.82) is 0 Å². The molecule has 2 aromatic rings. The number of methoxy groups -OCH3 is 1. The second kappa shape index (κ2) is 9.09. The highest BCUT2D eigenvalue weighted by atomic mass is 32.1. The van der Waals surface area contributed by atoms with Crippen LogP contribution in [0.15, 0.2) is 59.8 Å². The second-order valence-corrected chi connectivity index (χ2v) is 7.25. The minimum atomic E-state index is -0.326. The van der Waals surface area contributed by atoms with Gasteiger partial charge >= 0.3 is 0 Å². The monoisotopic (exact) mass is 410 g/mol. The summed E-state index contributed by atoms with van der Waals surface area (Å²) in [6.45, 7) is 6.67. The van der Waals surface area contributed by atoms with E-state index in [1.165, 1.54) is 0 Å². The van der Waals surface area contributed by atoms with Crippen molar-refractivity contribution in [2.45, 2.75) is 33.4 Å². The number of nitrogens with one attached hydrogen (secondary N) is 1. The summed E-state index contributed by atoms with van der Waals surface area (Å²) in [4.78, 5) is 14.4. The molecule has 0 spiro atoms. The Morgan fingerprint density at radius 1 is 1.17 bits per heavy atom. The summed E-state index contributed by atoms with van der Waals surface area (Å²) in [5, 5.41) is 3.93. The SMILES string of the molecule is CCN1C(=S)NC(c2ccc(OC)c(OCc3ccccc3)c2)C(C(C)=O)=C1C. The molecule has 0 fully saturated rings. The fourth-order valence-corrected chi connectivity index (χ4v) is 3.97. The minimum Gasteiger partial charge on any atom is -0.493 e.